The number of halogens is 4. The number of benzene rings is 2. The molecule has 3 aromatic rings. The van der Waals surface area contributed by atoms with E-state index in [1.54, 1.807) is 32.0 Å². The normalized spacial score (nSPS) is 11.5. The van der Waals surface area contributed by atoms with E-state index in [1.165, 1.54) is 6.07 Å². The monoisotopic (exact) mass is 396 g/mol. The Labute approximate surface area is 158 Å². The molecule has 0 aliphatic heterocycles. The van der Waals surface area contributed by atoms with Gasteiger partial charge in [-0.05, 0) is 49.7 Å². The minimum absolute atomic E-state index is 0.0846. The van der Waals surface area contributed by atoms with Gasteiger partial charge in [0.25, 0.3) is 0 Å². The zero-order chi connectivity index (χ0) is 19.6. The highest BCUT2D eigenvalue weighted by Crippen LogP contribution is 2.36. The smallest absolute Gasteiger partial charge is 0.416 e. The summed E-state index contributed by atoms with van der Waals surface area (Å²) in [4.78, 5) is 2.92. The van der Waals surface area contributed by atoms with Gasteiger partial charge in [-0.2, -0.15) is 13.2 Å². The molecule has 0 bridgehead atoms. The number of nitrogens with zero attached hydrogens (tertiary/aromatic N) is 2. The molecule has 0 fully saturated rings. The lowest BCUT2D eigenvalue weighted by atomic mass is 10.1. The topological polar surface area (TPSA) is 62.8 Å². The first-order chi connectivity index (χ1) is 12.7. The van der Waals surface area contributed by atoms with Crippen LogP contribution in [-0.4, -0.2) is 15.2 Å². The number of nitrogens with one attached hydrogen (secondary N) is 2. The largest absolute Gasteiger partial charge is 0.457 e. The first-order valence-electron chi connectivity index (χ1n) is 7.99. The maximum atomic E-state index is 13.0. The molecule has 0 amide bonds. The third-order valence-electron chi connectivity index (χ3n) is 3.71. The number of anilines is 1. The van der Waals surface area contributed by atoms with E-state index in [4.69, 9.17) is 16.3 Å². The second-order valence-corrected chi connectivity index (χ2v) is 6.37. The van der Waals surface area contributed by atoms with Crippen molar-refractivity contribution in [1.82, 2.24) is 15.2 Å². The number of hydrogen-bond donors (Lipinski definition) is 2. The fourth-order valence-corrected chi connectivity index (χ4v) is 2.73. The van der Waals surface area contributed by atoms with Gasteiger partial charge in [-0.15, -0.1) is 10.2 Å². The molecule has 9 heteroatoms. The van der Waals surface area contributed by atoms with Gasteiger partial charge in [0.1, 0.15) is 17.3 Å². The quantitative estimate of drug-likeness (QED) is 0.598. The second-order valence-electron chi connectivity index (χ2n) is 5.96. The van der Waals surface area contributed by atoms with Crippen LogP contribution < -0.4 is 10.1 Å². The van der Waals surface area contributed by atoms with Crippen molar-refractivity contribution >= 4 is 17.5 Å². The first kappa shape index (κ1) is 19.0. The average Bonchev–Trinajstić information content (AvgIpc) is 2.98. The van der Waals surface area contributed by atoms with Crippen LogP contribution in [-0.2, 0) is 12.7 Å². The van der Waals surface area contributed by atoms with E-state index in [9.17, 15) is 13.2 Å². The van der Waals surface area contributed by atoms with Crippen LogP contribution in [0.4, 0.5) is 19.1 Å². The van der Waals surface area contributed by atoms with E-state index < -0.39 is 11.7 Å². The summed E-state index contributed by atoms with van der Waals surface area (Å²) < 4.78 is 44.8. The first-order valence-corrected chi connectivity index (χ1v) is 8.37. The number of aryl methyl sites for hydroxylation is 2. The van der Waals surface area contributed by atoms with Gasteiger partial charge < -0.3 is 15.0 Å². The van der Waals surface area contributed by atoms with Gasteiger partial charge in [0.2, 0.25) is 5.95 Å². The van der Waals surface area contributed by atoms with Crippen LogP contribution in [0.25, 0.3) is 0 Å². The summed E-state index contributed by atoms with van der Waals surface area (Å²) in [6.45, 7) is 3.59. The predicted octanol–water partition coefficient (Wildman–Crippen LogP) is 5.50. The molecule has 0 atom stereocenters. The van der Waals surface area contributed by atoms with E-state index >= 15 is 0 Å². The molecule has 0 unspecified atom stereocenters. The zero-order valence-corrected chi connectivity index (χ0v) is 15.2. The van der Waals surface area contributed by atoms with Gasteiger partial charge in [0.15, 0.2) is 0 Å². The molecule has 2 N–H and O–H groups in total. The Morgan fingerprint density at radius 1 is 1.15 bits per heavy atom. The summed E-state index contributed by atoms with van der Waals surface area (Å²) in [5.41, 5.74) is 0.262. The van der Waals surface area contributed by atoms with E-state index in [-0.39, 0.29) is 12.3 Å². The molecular formula is C18H16ClF3N4O. The molecule has 3 rings (SSSR count). The molecule has 1 aromatic heterocycles. The van der Waals surface area contributed by atoms with Crippen LogP contribution in [0, 0.1) is 13.8 Å². The molecule has 5 nitrogen and oxygen atoms in total. The van der Waals surface area contributed by atoms with Crippen molar-refractivity contribution in [2.45, 2.75) is 26.6 Å². The van der Waals surface area contributed by atoms with Crippen LogP contribution in [0.5, 0.6) is 11.5 Å². The standard InChI is InChI=1S/C18H16ClF3N4O/c1-10-6-12(18(20,21)22)8-13(7-10)27-16-5-3-4-15(19)14(16)9-23-17-24-11(2)25-26-17/h3-8H,9H2,1-2H3,(H2,23,24,25,26). The maximum Gasteiger partial charge on any atom is 0.416 e. The highest BCUT2D eigenvalue weighted by molar-refractivity contribution is 6.31. The molecule has 0 saturated heterocycles. The van der Waals surface area contributed by atoms with Gasteiger partial charge in [-0.3, -0.25) is 0 Å². The fourth-order valence-electron chi connectivity index (χ4n) is 2.50. The molecule has 0 aliphatic rings. The summed E-state index contributed by atoms with van der Waals surface area (Å²) in [5.74, 6) is 1.53. The van der Waals surface area contributed by atoms with Crippen LogP contribution >= 0.6 is 11.6 Å². The lowest BCUT2D eigenvalue weighted by Crippen LogP contribution is -2.06. The molecule has 2 aromatic carbocycles. The van der Waals surface area contributed by atoms with Gasteiger partial charge in [-0.1, -0.05) is 17.7 Å². The SMILES string of the molecule is Cc1cc(Oc2cccc(Cl)c2CNc2nnc(C)[nH]2)cc(C(F)(F)F)c1. The Morgan fingerprint density at radius 3 is 2.59 bits per heavy atom. The lowest BCUT2D eigenvalue weighted by molar-refractivity contribution is -0.137. The van der Waals surface area contributed by atoms with E-state index in [0.29, 0.717) is 33.7 Å². The zero-order valence-electron chi connectivity index (χ0n) is 14.5. The highest BCUT2D eigenvalue weighted by atomic mass is 35.5. The van der Waals surface area contributed by atoms with Crippen molar-refractivity contribution in [3.05, 3.63) is 63.9 Å². The highest BCUT2D eigenvalue weighted by Gasteiger charge is 2.31. The molecule has 142 valence electrons. The summed E-state index contributed by atoms with van der Waals surface area (Å²) in [7, 11) is 0. The van der Waals surface area contributed by atoms with E-state index in [2.05, 4.69) is 20.5 Å². The third-order valence-corrected chi connectivity index (χ3v) is 4.07. The van der Waals surface area contributed by atoms with Gasteiger partial charge in [0.05, 0.1) is 5.56 Å². The third kappa shape index (κ3) is 4.71. The number of alkyl halides is 3. The van der Waals surface area contributed by atoms with Gasteiger partial charge in [0, 0.05) is 17.1 Å². The minimum atomic E-state index is -4.45. The minimum Gasteiger partial charge on any atom is -0.457 e. The molecule has 0 saturated carbocycles. The van der Waals surface area contributed by atoms with E-state index in [1.807, 2.05) is 0 Å². The second kappa shape index (κ2) is 7.48. The number of aromatic nitrogens is 3. The van der Waals surface area contributed by atoms with Crippen molar-refractivity contribution in [3.8, 4) is 11.5 Å². The molecule has 0 spiro atoms. The van der Waals surface area contributed by atoms with Gasteiger partial charge >= 0.3 is 6.18 Å². The predicted molar refractivity (Wildman–Crippen MR) is 96.2 cm³/mol. The Bertz CT molecular complexity index is 956. The van der Waals surface area contributed by atoms with Crippen LogP contribution in [0.3, 0.4) is 0 Å². The number of rotatable bonds is 5. The molecule has 0 aliphatic carbocycles. The number of H-pyrrole nitrogens is 1. The summed E-state index contributed by atoms with van der Waals surface area (Å²) in [5, 5.41) is 11.2. The molecular weight excluding hydrogens is 381 g/mol. The van der Waals surface area contributed by atoms with Crippen molar-refractivity contribution in [3.63, 3.8) is 0 Å². The molecule has 0 radical (unpaired) electrons. The van der Waals surface area contributed by atoms with Crippen molar-refractivity contribution in [2.75, 3.05) is 5.32 Å². The van der Waals surface area contributed by atoms with Crippen LogP contribution in [0.15, 0.2) is 36.4 Å². The Hall–Kier alpha value is -2.74. The summed E-state index contributed by atoms with van der Waals surface area (Å²) in [6, 6.07) is 8.55. The molecule has 1 heterocycles. The number of hydrogen-bond acceptors (Lipinski definition) is 4. The Morgan fingerprint density at radius 2 is 1.93 bits per heavy atom. The number of ether oxygens (including phenoxy) is 1. The van der Waals surface area contributed by atoms with Crippen LogP contribution in [0.2, 0.25) is 5.02 Å². The average molecular weight is 397 g/mol. The van der Waals surface area contributed by atoms with Gasteiger partial charge in [-0.25, -0.2) is 0 Å². The summed E-state index contributed by atoms with van der Waals surface area (Å²) in [6.07, 6.45) is -4.45. The fraction of sp³-hybridized carbons (Fsp3) is 0.222. The Balaban J connectivity index is 1.87. The maximum absolute atomic E-state index is 13.0. The van der Waals surface area contributed by atoms with Crippen LogP contribution in [0.1, 0.15) is 22.5 Å². The van der Waals surface area contributed by atoms with E-state index in [0.717, 1.165) is 12.1 Å². The molecule has 27 heavy (non-hydrogen) atoms. The summed E-state index contributed by atoms with van der Waals surface area (Å²) >= 11 is 6.26. The Kier molecular flexibility index (Phi) is 5.27. The van der Waals surface area contributed by atoms with Crippen molar-refractivity contribution in [2.24, 2.45) is 0 Å². The lowest BCUT2D eigenvalue weighted by Gasteiger charge is -2.15. The van der Waals surface area contributed by atoms with Crippen molar-refractivity contribution < 1.29 is 17.9 Å². The van der Waals surface area contributed by atoms with Crippen molar-refractivity contribution in [1.29, 1.82) is 0 Å². The number of aromatic amines is 1.